The van der Waals surface area contributed by atoms with E-state index >= 15 is 0 Å². The van der Waals surface area contributed by atoms with Gasteiger partial charge in [0.2, 0.25) is 0 Å². The summed E-state index contributed by atoms with van der Waals surface area (Å²) < 4.78 is 0. The van der Waals surface area contributed by atoms with Crippen molar-refractivity contribution in [3.63, 3.8) is 0 Å². The summed E-state index contributed by atoms with van der Waals surface area (Å²) in [5.74, 6) is -0.0157. The molecule has 3 nitrogen and oxygen atoms in total. The van der Waals surface area contributed by atoms with Crippen LogP contribution in [0.1, 0.15) is 51.4 Å². The molecule has 3 N–H and O–H groups in total. The largest absolute Gasteiger partial charge is 0.393 e. The van der Waals surface area contributed by atoms with Crippen molar-refractivity contribution >= 4 is 0 Å². The number of hydrogen-bond donors (Lipinski definition) is 3. The van der Waals surface area contributed by atoms with Crippen molar-refractivity contribution in [3.8, 4) is 0 Å². The molecule has 0 aliphatic heterocycles. The van der Waals surface area contributed by atoms with Crippen LogP contribution in [0, 0.1) is 11.8 Å². The van der Waals surface area contributed by atoms with Crippen LogP contribution in [-0.2, 0) is 0 Å². The molecule has 4 unspecified atom stereocenters. The highest BCUT2D eigenvalue weighted by molar-refractivity contribution is 4.88. The van der Waals surface area contributed by atoms with Gasteiger partial charge in [-0.05, 0) is 25.7 Å². The Morgan fingerprint density at radius 3 is 1.44 bits per heavy atom. The SMILES string of the molecule is OC1CCCCC1C(O)C1CCCCC1O. The van der Waals surface area contributed by atoms with Gasteiger partial charge in [0.1, 0.15) is 0 Å². The van der Waals surface area contributed by atoms with Gasteiger partial charge in [-0.3, -0.25) is 0 Å². The summed E-state index contributed by atoms with van der Waals surface area (Å²) in [6.07, 6.45) is 6.53. The van der Waals surface area contributed by atoms with Crippen molar-refractivity contribution in [1.82, 2.24) is 0 Å². The highest BCUT2D eigenvalue weighted by Gasteiger charge is 2.38. The quantitative estimate of drug-likeness (QED) is 0.670. The van der Waals surface area contributed by atoms with Crippen molar-refractivity contribution < 1.29 is 15.3 Å². The molecule has 0 amide bonds. The van der Waals surface area contributed by atoms with E-state index < -0.39 is 6.10 Å². The van der Waals surface area contributed by atoms with Gasteiger partial charge in [-0.15, -0.1) is 0 Å². The van der Waals surface area contributed by atoms with Crippen LogP contribution in [0.4, 0.5) is 0 Å². The molecule has 0 aromatic heterocycles. The Bertz CT molecular complexity index is 197. The maximum absolute atomic E-state index is 10.3. The van der Waals surface area contributed by atoms with Gasteiger partial charge >= 0.3 is 0 Å². The van der Waals surface area contributed by atoms with Crippen LogP contribution < -0.4 is 0 Å². The standard InChI is InChI=1S/C13H24O3/c14-11-7-3-1-5-9(11)13(16)10-6-2-4-8-12(10)15/h9-16H,1-8H2. The maximum Gasteiger partial charge on any atom is 0.0645 e. The third-order valence-electron chi connectivity index (χ3n) is 4.44. The number of rotatable bonds is 2. The molecule has 0 bridgehead atoms. The molecule has 0 aromatic carbocycles. The van der Waals surface area contributed by atoms with Crippen LogP contribution in [0.25, 0.3) is 0 Å². The molecular formula is C13H24O3. The van der Waals surface area contributed by atoms with E-state index in [0.717, 1.165) is 51.4 Å². The van der Waals surface area contributed by atoms with Gasteiger partial charge in [0.25, 0.3) is 0 Å². The van der Waals surface area contributed by atoms with Gasteiger partial charge in [0.15, 0.2) is 0 Å². The minimum Gasteiger partial charge on any atom is -0.393 e. The molecule has 2 saturated carbocycles. The molecule has 4 atom stereocenters. The Kier molecular flexibility index (Phi) is 4.22. The molecule has 2 aliphatic rings. The smallest absolute Gasteiger partial charge is 0.0645 e. The van der Waals surface area contributed by atoms with Crippen molar-refractivity contribution in [2.24, 2.45) is 11.8 Å². The summed E-state index contributed by atoms with van der Waals surface area (Å²) in [5, 5.41) is 30.1. The molecule has 0 heterocycles. The molecule has 0 saturated heterocycles. The predicted octanol–water partition coefficient (Wildman–Crippen LogP) is 1.45. The fraction of sp³-hybridized carbons (Fsp3) is 1.00. The van der Waals surface area contributed by atoms with Gasteiger partial charge in [0.05, 0.1) is 18.3 Å². The molecule has 16 heavy (non-hydrogen) atoms. The number of hydrogen-bond acceptors (Lipinski definition) is 3. The second-order valence-electron chi connectivity index (χ2n) is 5.52. The first-order chi connectivity index (χ1) is 7.70. The van der Waals surface area contributed by atoms with Crippen LogP contribution in [0.3, 0.4) is 0 Å². The summed E-state index contributed by atoms with van der Waals surface area (Å²) in [4.78, 5) is 0. The lowest BCUT2D eigenvalue weighted by atomic mass is 9.73. The second kappa shape index (κ2) is 5.48. The van der Waals surface area contributed by atoms with Crippen molar-refractivity contribution in [1.29, 1.82) is 0 Å². The molecular weight excluding hydrogens is 204 g/mol. The average molecular weight is 228 g/mol. The molecule has 0 spiro atoms. The Morgan fingerprint density at radius 2 is 1.06 bits per heavy atom. The van der Waals surface area contributed by atoms with Gasteiger partial charge in [-0.25, -0.2) is 0 Å². The summed E-state index contributed by atoms with van der Waals surface area (Å²) in [6.45, 7) is 0. The lowest BCUT2D eigenvalue weighted by Gasteiger charge is -2.39. The molecule has 2 rings (SSSR count). The topological polar surface area (TPSA) is 60.7 Å². The minimum atomic E-state index is -0.509. The Hall–Kier alpha value is -0.120. The first kappa shape index (κ1) is 12.3. The van der Waals surface area contributed by atoms with E-state index in [1.807, 2.05) is 0 Å². The van der Waals surface area contributed by atoms with Crippen molar-refractivity contribution in [3.05, 3.63) is 0 Å². The van der Waals surface area contributed by atoms with Crippen molar-refractivity contribution in [2.75, 3.05) is 0 Å². The molecule has 0 aromatic rings. The van der Waals surface area contributed by atoms with Crippen molar-refractivity contribution in [2.45, 2.75) is 69.7 Å². The first-order valence-corrected chi connectivity index (χ1v) is 6.74. The normalized spacial score (nSPS) is 42.9. The fourth-order valence-corrected chi connectivity index (χ4v) is 3.39. The zero-order valence-corrected chi connectivity index (χ0v) is 9.89. The zero-order chi connectivity index (χ0) is 11.5. The molecule has 2 fully saturated rings. The summed E-state index contributed by atoms with van der Waals surface area (Å²) >= 11 is 0. The summed E-state index contributed by atoms with van der Waals surface area (Å²) in [6, 6.07) is 0. The van der Waals surface area contributed by atoms with Crippen LogP contribution in [0.5, 0.6) is 0 Å². The highest BCUT2D eigenvalue weighted by atomic mass is 16.3. The highest BCUT2D eigenvalue weighted by Crippen LogP contribution is 2.35. The third-order valence-corrected chi connectivity index (χ3v) is 4.44. The van der Waals surface area contributed by atoms with Gasteiger partial charge in [-0.2, -0.15) is 0 Å². The first-order valence-electron chi connectivity index (χ1n) is 6.74. The van der Waals surface area contributed by atoms with E-state index in [-0.39, 0.29) is 24.0 Å². The van der Waals surface area contributed by atoms with E-state index in [1.165, 1.54) is 0 Å². The van der Waals surface area contributed by atoms with Gasteiger partial charge in [-0.1, -0.05) is 25.7 Å². The van der Waals surface area contributed by atoms with Crippen LogP contribution in [-0.4, -0.2) is 33.6 Å². The Balaban J connectivity index is 1.96. The number of aliphatic hydroxyl groups excluding tert-OH is 3. The van der Waals surface area contributed by atoms with E-state index in [2.05, 4.69) is 0 Å². The average Bonchev–Trinajstić information content (AvgIpc) is 2.29. The monoisotopic (exact) mass is 228 g/mol. The Morgan fingerprint density at radius 1 is 0.688 bits per heavy atom. The van der Waals surface area contributed by atoms with Gasteiger partial charge in [0, 0.05) is 11.8 Å². The van der Waals surface area contributed by atoms with E-state index in [1.54, 1.807) is 0 Å². The third kappa shape index (κ3) is 2.58. The molecule has 2 aliphatic carbocycles. The number of aliphatic hydroxyl groups is 3. The molecule has 3 heteroatoms. The van der Waals surface area contributed by atoms with E-state index in [9.17, 15) is 15.3 Å². The van der Waals surface area contributed by atoms with Crippen LogP contribution in [0.2, 0.25) is 0 Å². The predicted molar refractivity (Wildman–Crippen MR) is 61.9 cm³/mol. The second-order valence-corrected chi connectivity index (χ2v) is 5.52. The van der Waals surface area contributed by atoms with E-state index in [0.29, 0.717) is 0 Å². The lowest BCUT2D eigenvalue weighted by Crippen LogP contribution is -2.44. The Labute approximate surface area is 97.5 Å². The van der Waals surface area contributed by atoms with E-state index in [4.69, 9.17) is 0 Å². The maximum atomic E-state index is 10.3. The van der Waals surface area contributed by atoms with Crippen LogP contribution in [0.15, 0.2) is 0 Å². The lowest BCUT2D eigenvalue weighted by molar-refractivity contribution is -0.0807. The molecule has 0 radical (unpaired) electrons. The van der Waals surface area contributed by atoms with Crippen LogP contribution >= 0.6 is 0 Å². The van der Waals surface area contributed by atoms with Gasteiger partial charge < -0.3 is 15.3 Å². The summed E-state index contributed by atoms with van der Waals surface area (Å²) in [7, 11) is 0. The summed E-state index contributed by atoms with van der Waals surface area (Å²) in [5.41, 5.74) is 0. The minimum absolute atomic E-state index is 0.00787. The zero-order valence-electron chi connectivity index (χ0n) is 9.89. The fourth-order valence-electron chi connectivity index (χ4n) is 3.39. The molecule has 94 valence electrons.